The van der Waals surface area contributed by atoms with Gasteiger partial charge in [0.1, 0.15) is 0 Å². The molecule has 0 radical (unpaired) electrons. The van der Waals surface area contributed by atoms with Crippen molar-refractivity contribution in [2.24, 2.45) is 0 Å². The third kappa shape index (κ3) is 2.41. The van der Waals surface area contributed by atoms with Gasteiger partial charge < -0.3 is 19.5 Å². The minimum absolute atomic E-state index is 0.0903. The van der Waals surface area contributed by atoms with E-state index in [1.807, 2.05) is 0 Å². The first-order valence-corrected chi connectivity index (χ1v) is 5.85. The van der Waals surface area contributed by atoms with E-state index < -0.39 is 6.10 Å². The molecule has 0 unspecified atom stereocenters. The molecule has 1 aromatic rings. The van der Waals surface area contributed by atoms with Crippen LogP contribution in [0.2, 0.25) is 0 Å². The number of hydrogen-bond acceptors (Lipinski definition) is 4. The number of hydrogen-bond donors (Lipinski definition) is 1. The number of nitrogens with zero attached hydrogens (tertiary/aromatic N) is 1. The number of aliphatic hydroxyl groups is 1. The molecule has 5 heteroatoms. The van der Waals surface area contributed by atoms with Gasteiger partial charge in [0.15, 0.2) is 11.5 Å². The van der Waals surface area contributed by atoms with Gasteiger partial charge in [-0.15, -0.1) is 0 Å². The first kappa shape index (κ1) is 12.7. The fourth-order valence-electron chi connectivity index (χ4n) is 2.08. The van der Waals surface area contributed by atoms with E-state index in [0.717, 1.165) is 0 Å². The van der Waals surface area contributed by atoms with Crippen molar-refractivity contribution < 1.29 is 19.4 Å². The van der Waals surface area contributed by atoms with E-state index in [1.54, 1.807) is 30.2 Å². The van der Waals surface area contributed by atoms with E-state index in [9.17, 15) is 9.90 Å². The Morgan fingerprint density at radius 1 is 1.33 bits per heavy atom. The maximum Gasteiger partial charge on any atom is 0.254 e. The Hall–Kier alpha value is -1.75. The summed E-state index contributed by atoms with van der Waals surface area (Å²) in [6.45, 7) is 0.988. The maximum atomic E-state index is 12.2. The van der Waals surface area contributed by atoms with Gasteiger partial charge in [0.2, 0.25) is 0 Å². The normalized spacial score (nSPS) is 18.8. The van der Waals surface area contributed by atoms with Gasteiger partial charge in [0, 0.05) is 18.7 Å². The number of aliphatic hydroxyl groups excluding tert-OH is 1. The molecule has 1 N–H and O–H groups in total. The van der Waals surface area contributed by atoms with E-state index in [4.69, 9.17) is 9.47 Å². The molecule has 0 saturated carbocycles. The molecule has 0 aromatic heterocycles. The number of carbonyl (C=O) groups is 1. The van der Waals surface area contributed by atoms with E-state index in [0.29, 0.717) is 36.6 Å². The molecule has 1 atom stereocenters. The van der Waals surface area contributed by atoms with Gasteiger partial charge in [-0.05, 0) is 24.6 Å². The van der Waals surface area contributed by atoms with Crippen molar-refractivity contribution in [1.82, 2.24) is 4.90 Å². The Morgan fingerprint density at radius 3 is 2.61 bits per heavy atom. The second-order valence-electron chi connectivity index (χ2n) is 4.26. The van der Waals surface area contributed by atoms with Crippen LogP contribution in [0.15, 0.2) is 18.2 Å². The number of methoxy groups -OCH3 is 2. The van der Waals surface area contributed by atoms with Crippen LogP contribution in [0.25, 0.3) is 0 Å². The number of likely N-dealkylation sites (tertiary alicyclic amines) is 1. The Kier molecular flexibility index (Phi) is 3.72. The molecule has 0 spiro atoms. The summed E-state index contributed by atoms with van der Waals surface area (Å²) in [5, 5.41) is 9.44. The first-order valence-electron chi connectivity index (χ1n) is 5.85. The summed E-state index contributed by atoms with van der Waals surface area (Å²) in [4.78, 5) is 13.8. The fraction of sp³-hybridized carbons (Fsp3) is 0.462. The number of benzene rings is 1. The smallest absolute Gasteiger partial charge is 0.254 e. The summed E-state index contributed by atoms with van der Waals surface area (Å²) in [5.41, 5.74) is 0.543. The SMILES string of the molecule is COc1ccc(C(=O)N2CC[C@@H](O)C2)cc1OC. The number of carbonyl (C=O) groups excluding carboxylic acids is 1. The van der Waals surface area contributed by atoms with Gasteiger partial charge >= 0.3 is 0 Å². The molecular formula is C13H17NO4. The Morgan fingerprint density at radius 2 is 2.06 bits per heavy atom. The molecule has 1 amide bonds. The lowest BCUT2D eigenvalue weighted by atomic mass is 10.2. The molecule has 5 nitrogen and oxygen atoms in total. The second kappa shape index (κ2) is 5.27. The average Bonchev–Trinajstić information content (AvgIpc) is 2.83. The monoisotopic (exact) mass is 251 g/mol. The van der Waals surface area contributed by atoms with Crippen LogP contribution in [0.1, 0.15) is 16.8 Å². The van der Waals surface area contributed by atoms with Crippen molar-refractivity contribution in [3.63, 3.8) is 0 Å². The summed E-state index contributed by atoms with van der Waals surface area (Å²) in [6.07, 6.45) is 0.230. The molecule has 0 aliphatic carbocycles. The second-order valence-corrected chi connectivity index (χ2v) is 4.26. The van der Waals surface area contributed by atoms with Gasteiger partial charge in [-0.3, -0.25) is 4.79 Å². The van der Waals surface area contributed by atoms with Gasteiger partial charge in [-0.2, -0.15) is 0 Å². The molecule has 98 valence electrons. The minimum atomic E-state index is -0.408. The zero-order valence-electron chi connectivity index (χ0n) is 10.5. The molecule has 1 saturated heterocycles. The van der Waals surface area contributed by atoms with E-state index in [-0.39, 0.29) is 5.91 Å². The topological polar surface area (TPSA) is 59.0 Å². The lowest BCUT2D eigenvalue weighted by Gasteiger charge is -2.16. The Labute approximate surface area is 106 Å². The van der Waals surface area contributed by atoms with Crippen molar-refractivity contribution in [3.05, 3.63) is 23.8 Å². The molecule has 1 fully saturated rings. The van der Waals surface area contributed by atoms with Gasteiger partial charge in [0.25, 0.3) is 5.91 Å². The third-order valence-corrected chi connectivity index (χ3v) is 3.08. The van der Waals surface area contributed by atoms with E-state index >= 15 is 0 Å². The van der Waals surface area contributed by atoms with Gasteiger partial charge in [0.05, 0.1) is 20.3 Å². The zero-order chi connectivity index (χ0) is 13.1. The Bertz CT molecular complexity index is 447. The zero-order valence-corrected chi connectivity index (χ0v) is 10.5. The summed E-state index contributed by atoms with van der Waals surface area (Å²) >= 11 is 0. The number of β-amino-alcohol motifs (C(OH)–C–C–N with tert-alkyl or cyclic N) is 1. The molecule has 1 aliphatic rings. The predicted molar refractivity (Wildman–Crippen MR) is 66.1 cm³/mol. The van der Waals surface area contributed by atoms with Crippen LogP contribution in [0.3, 0.4) is 0 Å². The first-order chi connectivity index (χ1) is 8.65. The number of ether oxygens (including phenoxy) is 2. The van der Waals surface area contributed by atoms with E-state index in [2.05, 4.69) is 0 Å². The number of rotatable bonds is 3. The van der Waals surface area contributed by atoms with Crippen LogP contribution < -0.4 is 9.47 Å². The Balaban J connectivity index is 2.20. The summed E-state index contributed by atoms with van der Waals surface area (Å²) in [5.74, 6) is 1.03. The highest BCUT2D eigenvalue weighted by molar-refractivity contribution is 5.95. The van der Waals surface area contributed by atoms with Crippen molar-refractivity contribution in [2.75, 3.05) is 27.3 Å². The summed E-state index contributed by atoms with van der Waals surface area (Å²) in [6, 6.07) is 5.07. The van der Waals surface area contributed by atoms with Crippen LogP contribution in [0.4, 0.5) is 0 Å². The van der Waals surface area contributed by atoms with Crippen molar-refractivity contribution in [1.29, 1.82) is 0 Å². The highest BCUT2D eigenvalue weighted by atomic mass is 16.5. The van der Waals surface area contributed by atoms with Crippen LogP contribution in [-0.4, -0.2) is 49.3 Å². The standard InChI is InChI=1S/C13H17NO4/c1-17-11-4-3-9(7-12(11)18-2)13(16)14-6-5-10(15)8-14/h3-4,7,10,15H,5-6,8H2,1-2H3/t10-/m1/s1. The largest absolute Gasteiger partial charge is 0.493 e. The van der Waals surface area contributed by atoms with Crippen molar-refractivity contribution in [3.8, 4) is 11.5 Å². The molecule has 1 aliphatic heterocycles. The highest BCUT2D eigenvalue weighted by Crippen LogP contribution is 2.28. The van der Waals surface area contributed by atoms with Crippen LogP contribution >= 0.6 is 0 Å². The summed E-state index contributed by atoms with van der Waals surface area (Å²) in [7, 11) is 3.09. The molecular weight excluding hydrogens is 234 g/mol. The highest BCUT2D eigenvalue weighted by Gasteiger charge is 2.25. The molecule has 18 heavy (non-hydrogen) atoms. The van der Waals surface area contributed by atoms with Crippen molar-refractivity contribution in [2.45, 2.75) is 12.5 Å². The quantitative estimate of drug-likeness (QED) is 0.867. The van der Waals surface area contributed by atoms with Gasteiger partial charge in [-0.25, -0.2) is 0 Å². The van der Waals surface area contributed by atoms with Crippen LogP contribution in [0.5, 0.6) is 11.5 Å². The average molecular weight is 251 g/mol. The van der Waals surface area contributed by atoms with Crippen LogP contribution in [0, 0.1) is 0 Å². The molecule has 0 bridgehead atoms. The number of amides is 1. The lowest BCUT2D eigenvalue weighted by Crippen LogP contribution is -2.29. The van der Waals surface area contributed by atoms with Gasteiger partial charge in [-0.1, -0.05) is 0 Å². The maximum absolute atomic E-state index is 12.2. The lowest BCUT2D eigenvalue weighted by molar-refractivity contribution is 0.0764. The third-order valence-electron chi connectivity index (χ3n) is 3.08. The molecule has 1 heterocycles. The molecule has 1 aromatic carbocycles. The minimum Gasteiger partial charge on any atom is -0.493 e. The van der Waals surface area contributed by atoms with E-state index in [1.165, 1.54) is 7.11 Å². The van der Waals surface area contributed by atoms with Crippen LogP contribution in [-0.2, 0) is 0 Å². The predicted octanol–water partition coefficient (Wildman–Crippen LogP) is 0.911. The van der Waals surface area contributed by atoms with Crippen molar-refractivity contribution >= 4 is 5.91 Å². The fourth-order valence-corrected chi connectivity index (χ4v) is 2.08. The molecule has 2 rings (SSSR count). The summed E-state index contributed by atoms with van der Waals surface area (Å²) < 4.78 is 10.3.